The Kier molecular flexibility index (Phi) is 7.05. The number of hydrogen-bond donors (Lipinski definition) is 0. The number of rotatable bonds is 9. The summed E-state index contributed by atoms with van der Waals surface area (Å²) in [6, 6.07) is 25.1. The molecule has 0 bridgehead atoms. The molecule has 0 amide bonds. The van der Waals surface area contributed by atoms with Crippen LogP contribution in [0.1, 0.15) is 29.3 Å². The van der Waals surface area contributed by atoms with E-state index in [4.69, 9.17) is 14.3 Å². The van der Waals surface area contributed by atoms with Crippen LogP contribution in [0.2, 0.25) is 0 Å². The number of methoxy groups -OCH3 is 1. The van der Waals surface area contributed by atoms with Crippen molar-refractivity contribution in [3.63, 3.8) is 0 Å². The molecule has 0 N–H and O–H groups in total. The molecule has 168 valence electrons. The van der Waals surface area contributed by atoms with E-state index in [1.54, 1.807) is 6.20 Å². The third-order valence-corrected chi connectivity index (χ3v) is 5.13. The Morgan fingerprint density at radius 3 is 2.48 bits per heavy atom. The summed E-state index contributed by atoms with van der Waals surface area (Å²) in [5.41, 5.74) is 3.02. The van der Waals surface area contributed by atoms with Crippen molar-refractivity contribution in [2.45, 2.75) is 19.9 Å². The van der Waals surface area contributed by atoms with Gasteiger partial charge in [0.1, 0.15) is 23.8 Å². The average Bonchev–Trinajstić information content (AvgIpc) is 3.22. The molecule has 0 spiro atoms. The summed E-state index contributed by atoms with van der Waals surface area (Å²) >= 11 is 0. The first kappa shape index (κ1) is 22.1. The number of esters is 1. The lowest BCUT2D eigenvalue weighted by atomic mass is 10.1. The van der Waals surface area contributed by atoms with Gasteiger partial charge < -0.3 is 18.9 Å². The molecule has 4 aromatic rings. The molecular weight excluding hydrogens is 416 g/mol. The van der Waals surface area contributed by atoms with Gasteiger partial charge in [0.15, 0.2) is 0 Å². The standard InChI is InChI=1S/C27H26N2O4/c1-3-16-32-28-25(20-10-9-13-22(17-20)33-21-11-5-4-6-12-21)19-29-18-24(27(30)31-2)23-14-7-8-15-26(23)29/h4-15,17-18H,3,16,19H2,1-2H3. The topological polar surface area (TPSA) is 62.1 Å². The summed E-state index contributed by atoms with van der Waals surface area (Å²) in [5.74, 6) is 1.09. The maximum atomic E-state index is 12.3. The molecule has 0 atom stereocenters. The van der Waals surface area contributed by atoms with Gasteiger partial charge in [0.2, 0.25) is 0 Å². The molecule has 1 aromatic heterocycles. The summed E-state index contributed by atoms with van der Waals surface area (Å²) in [7, 11) is 1.39. The Morgan fingerprint density at radius 2 is 1.70 bits per heavy atom. The van der Waals surface area contributed by atoms with E-state index in [1.165, 1.54) is 7.11 Å². The van der Waals surface area contributed by atoms with Gasteiger partial charge in [-0.15, -0.1) is 0 Å². The van der Waals surface area contributed by atoms with Crippen molar-refractivity contribution < 1.29 is 19.1 Å². The van der Waals surface area contributed by atoms with Gasteiger partial charge in [0.25, 0.3) is 0 Å². The van der Waals surface area contributed by atoms with Gasteiger partial charge >= 0.3 is 5.97 Å². The molecule has 6 heteroatoms. The Labute approximate surface area is 193 Å². The molecule has 0 fully saturated rings. The van der Waals surface area contributed by atoms with Crippen molar-refractivity contribution in [1.82, 2.24) is 4.57 Å². The van der Waals surface area contributed by atoms with Crippen molar-refractivity contribution in [2.24, 2.45) is 5.16 Å². The molecule has 0 saturated heterocycles. The maximum absolute atomic E-state index is 12.3. The largest absolute Gasteiger partial charge is 0.465 e. The molecular formula is C27H26N2O4. The number of para-hydroxylation sites is 2. The number of aromatic nitrogens is 1. The van der Waals surface area contributed by atoms with Crippen LogP contribution in [0.5, 0.6) is 11.5 Å². The van der Waals surface area contributed by atoms with Crippen molar-refractivity contribution in [1.29, 1.82) is 0 Å². The number of nitrogens with zero attached hydrogens (tertiary/aromatic N) is 2. The molecule has 6 nitrogen and oxygen atoms in total. The minimum absolute atomic E-state index is 0.371. The van der Waals surface area contributed by atoms with E-state index in [9.17, 15) is 4.79 Å². The number of benzene rings is 3. The first-order chi connectivity index (χ1) is 16.2. The average molecular weight is 443 g/mol. The highest BCUT2D eigenvalue weighted by atomic mass is 16.6. The predicted molar refractivity (Wildman–Crippen MR) is 129 cm³/mol. The van der Waals surface area contributed by atoms with Crippen LogP contribution in [0.4, 0.5) is 0 Å². The Morgan fingerprint density at radius 1 is 0.939 bits per heavy atom. The Bertz CT molecular complexity index is 1260. The number of fused-ring (bicyclic) bond motifs is 1. The number of carbonyl (C=O) groups is 1. The number of hydrogen-bond acceptors (Lipinski definition) is 5. The fourth-order valence-electron chi connectivity index (χ4n) is 3.56. The van der Waals surface area contributed by atoms with Gasteiger partial charge in [-0.25, -0.2) is 4.79 Å². The molecule has 33 heavy (non-hydrogen) atoms. The van der Waals surface area contributed by atoms with Gasteiger partial charge in [-0.1, -0.05) is 60.6 Å². The van der Waals surface area contributed by atoms with E-state index < -0.39 is 0 Å². The molecule has 0 aliphatic rings. The van der Waals surface area contributed by atoms with Gasteiger partial charge in [-0.2, -0.15) is 0 Å². The lowest BCUT2D eigenvalue weighted by Gasteiger charge is -2.12. The zero-order valence-electron chi connectivity index (χ0n) is 18.7. The van der Waals surface area contributed by atoms with Crippen LogP contribution in [0.3, 0.4) is 0 Å². The van der Waals surface area contributed by atoms with E-state index in [-0.39, 0.29) is 5.97 Å². The number of carbonyl (C=O) groups excluding carboxylic acids is 1. The van der Waals surface area contributed by atoms with Crippen molar-refractivity contribution in [3.05, 3.63) is 96.2 Å². The van der Waals surface area contributed by atoms with Crippen LogP contribution in [0.15, 0.2) is 90.2 Å². The van der Waals surface area contributed by atoms with Gasteiger partial charge in [-0.3, -0.25) is 0 Å². The lowest BCUT2D eigenvalue weighted by molar-refractivity contribution is 0.0602. The highest BCUT2D eigenvalue weighted by molar-refractivity contribution is 6.06. The van der Waals surface area contributed by atoms with Crippen LogP contribution >= 0.6 is 0 Å². The second kappa shape index (κ2) is 10.5. The second-order valence-electron chi connectivity index (χ2n) is 7.49. The van der Waals surface area contributed by atoms with Gasteiger partial charge in [0, 0.05) is 22.7 Å². The van der Waals surface area contributed by atoms with E-state index in [1.807, 2.05) is 90.4 Å². The summed E-state index contributed by atoms with van der Waals surface area (Å²) in [6.45, 7) is 2.96. The van der Waals surface area contributed by atoms with Crippen LogP contribution in [0.25, 0.3) is 10.9 Å². The zero-order chi connectivity index (χ0) is 23.0. The minimum Gasteiger partial charge on any atom is -0.465 e. The Hall–Kier alpha value is -4.06. The molecule has 0 radical (unpaired) electrons. The summed E-state index contributed by atoms with van der Waals surface area (Å²) < 4.78 is 13.0. The summed E-state index contributed by atoms with van der Waals surface area (Å²) in [6.07, 6.45) is 2.66. The third kappa shape index (κ3) is 5.23. The Balaban J connectivity index is 1.69. The van der Waals surface area contributed by atoms with Crippen LogP contribution < -0.4 is 4.74 Å². The number of oxime groups is 1. The monoisotopic (exact) mass is 442 g/mol. The number of ether oxygens (including phenoxy) is 2. The quantitative estimate of drug-likeness (QED) is 0.137. The summed E-state index contributed by atoms with van der Waals surface area (Å²) in [5, 5.41) is 5.27. The maximum Gasteiger partial charge on any atom is 0.340 e. The molecule has 1 heterocycles. The van der Waals surface area contributed by atoms with E-state index in [0.29, 0.717) is 24.5 Å². The van der Waals surface area contributed by atoms with Crippen molar-refractivity contribution in [2.75, 3.05) is 13.7 Å². The first-order valence-electron chi connectivity index (χ1n) is 10.9. The molecule has 0 saturated carbocycles. The molecule has 0 aliphatic heterocycles. The minimum atomic E-state index is -0.371. The molecule has 0 unspecified atom stereocenters. The first-order valence-corrected chi connectivity index (χ1v) is 10.9. The fourth-order valence-corrected chi connectivity index (χ4v) is 3.56. The smallest absolute Gasteiger partial charge is 0.340 e. The highest BCUT2D eigenvalue weighted by Crippen LogP contribution is 2.25. The van der Waals surface area contributed by atoms with Gasteiger partial charge in [-0.05, 0) is 36.8 Å². The summed E-state index contributed by atoms with van der Waals surface area (Å²) in [4.78, 5) is 17.9. The van der Waals surface area contributed by atoms with E-state index >= 15 is 0 Å². The van der Waals surface area contributed by atoms with Crippen LogP contribution in [-0.4, -0.2) is 30.0 Å². The fraction of sp³-hybridized carbons (Fsp3) is 0.185. The SMILES string of the molecule is CCCON=C(Cn1cc(C(=O)OC)c2ccccc21)c1cccc(Oc2ccccc2)c1. The van der Waals surface area contributed by atoms with E-state index in [0.717, 1.165) is 34.3 Å². The van der Waals surface area contributed by atoms with Crippen molar-refractivity contribution in [3.8, 4) is 11.5 Å². The van der Waals surface area contributed by atoms with E-state index in [2.05, 4.69) is 5.16 Å². The third-order valence-electron chi connectivity index (χ3n) is 5.13. The normalized spacial score (nSPS) is 11.4. The van der Waals surface area contributed by atoms with Crippen LogP contribution in [-0.2, 0) is 16.1 Å². The zero-order valence-corrected chi connectivity index (χ0v) is 18.7. The predicted octanol–water partition coefficient (Wildman–Crippen LogP) is 6.05. The molecule has 4 rings (SSSR count). The van der Waals surface area contributed by atoms with Crippen molar-refractivity contribution >= 4 is 22.6 Å². The second-order valence-corrected chi connectivity index (χ2v) is 7.49. The lowest BCUT2D eigenvalue weighted by Crippen LogP contribution is -2.12. The van der Waals surface area contributed by atoms with Gasteiger partial charge in [0.05, 0.1) is 19.2 Å². The highest BCUT2D eigenvalue weighted by Gasteiger charge is 2.17. The van der Waals surface area contributed by atoms with Crippen LogP contribution in [0, 0.1) is 0 Å². The molecule has 3 aromatic carbocycles. The molecule has 0 aliphatic carbocycles.